The number of hydrogen-bond donors (Lipinski definition) is 2. The standard InChI is InChI=1S/C20H20BrN3O2/c1-13-6-7-17-15(12-13)18(25)23-20(22-17)8-10-24(11-9-20)19(26)14-4-2-3-5-16(14)21/h2-7,12,22H,8-11H2,1H3,(H,23,25). The van der Waals surface area contributed by atoms with E-state index >= 15 is 0 Å². The average Bonchev–Trinajstić information content (AvgIpc) is 2.63. The smallest absolute Gasteiger partial charge is 0.255 e. The van der Waals surface area contributed by atoms with Crippen molar-refractivity contribution in [2.45, 2.75) is 25.4 Å². The number of likely N-dealkylation sites (tertiary alicyclic amines) is 1. The number of nitrogens with zero attached hydrogens (tertiary/aromatic N) is 1. The van der Waals surface area contributed by atoms with Gasteiger partial charge in [0, 0.05) is 36.1 Å². The van der Waals surface area contributed by atoms with Gasteiger partial charge in [-0.1, -0.05) is 23.8 Å². The summed E-state index contributed by atoms with van der Waals surface area (Å²) < 4.78 is 0.804. The van der Waals surface area contributed by atoms with Crippen LogP contribution in [-0.4, -0.2) is 35.5 Å². The monoisotopic (exact) mass is 413 g/mol. The van der Waals surface area contributed by atoms with Crippen molar-refractivity contribution >= 4 is 33.4 Å². The Morgan fingerprint density at radius 2 is 1.85 bits per heavy atom. The summed E-state index contributed by atoms with van der Waals surface area (Å²) in [7, 11) is 0. The number of nitrogens with one attached hydrogen (secondary N) is 2. The molecule has 0 bridgehead atoms. The molecule has 0 unspecified atom stereocenters. The number of carbonyl (C=O) groups excluding carboxylic acids is 2. The Morgan fingerprint density at radius 1 is 1.12 bits per heavy atom. The third kappa shape index (κ3) is 2.98. The van der Waals surface area contributed by atoms with E-state index in [1.54, 1.807) is 0 Å². The van der Waals surface area contributed by atoms with Gasteiger partial charge in [-0.05, 0) is 47.1 Å². The number of benzene rings is 2. The van der Waals surface area contributed by atoms with Crippen molar-refractivity contribution in [3.63, 3.8) is 0 Å². The van der Waals surface area contributed by atoms with Gasteiger partial charge < -0.3 is 15.5 Å². The van der Waals surface area contributed by atoms with Gasteiger partial charge in [-0.15, -0.1) is 0 Å². The maximum absolute atomic E-state index is 12.8. The van der Waals surface area contributed by atoms with Gasteiger partial charge in [-0.3, -0.25) is 9.59 Å². The Balaban J connectivity index is 1.50. The Hall–Kier alpha value is -2.34. The lowest BCUT2D eigenvalue weighted by molar-refractivity contribution is 0.0639. The van der Waals surface area contributed by atoms with Gasteiger partial charge in [-0.2, -0.15) is 0 Å². The molecule has 2 aromatic carbocycles. The fourth-order valence-corrected chi connectivity index (χ4v) is 4.13. The Kier molecular flexibility index (Phi) is 4.23. The summed E-state index contributed by atoms with van der Waals surface area (Å²) in [6.45, 7) is 3.16. The van der Waals surface area contributed by atoms with Crippen LogP contribution < -0.4 is 10.6 Å². The van der Waals surface area contributed by atoms with Crippen molar-refractivity contribution in [3.8, 4) is 0 Å². The van der Waals surface area contributed by atoms with Crippen LogP contribution >= 0.6 is 15.9 Å². The largest absolute Gasteiger partial charge is 0.362 e. The van der Waals surface area contributed by atoms with Gasteiger partial charge >= 0.3 is 0 Å². The Morgan fingerprint density at radius 3 is 2.58 bits per heavy atom. The normalized spacial score (nSPS) is 18.1. The predicted octanol–water partition coefficient (Wildman–Crippen LogP) is 3.55. The first kappa shape index (κ1) is 17.1. The van der Waals surface area contributed by atoms with Crippen LogP contribution in [0.4, 0.5) is 5.69 Å². The van der Waals surface area contributed by atoms with Crippen LogP contribution in [0.5, 0.6) is 0 Å². The number of halogens is 1. The van der Waals surface area contributed by atoms with Crippen LogP contribution in [-0.2, 0) is 0 Å². The lowest BCUT2D eigenvalue weighted by Crippen LogP contribution is -2.62. The summed E-state index contributed by atoms with van der Waals surface area (Å²) in [6, 6.07) is 13.3. The molecule has 2 aromatic rings. The maximum Gasteiger partial charge on any atom is 0.255 e. The van der Waals surface area contributed by atoms with Gasteiger partial charge in [0.2, 0.25) is 0 Å². The maximum atomic E-state index is 12.8. The molecule has 4 rings (SSSR count). The van der Waals surface area contributed by atoms with Crippen molar-refractivity contribution in [2.75, 3.05) is 18.4 Å². The van der Waals surface area contributed by atoms with E-state index in [9.17, 15) is 9.59 Å². The van der Waals surface area contributed by atoms with Crippen LogP contribution in [0.2, 0.25) is 0 Å². The minimum absolute atomic E-state index is 0.0190. The third-order valence-corrected chi connectivity index (χ3v) is 5.85. The molecule has 1 spiro atoms. The molecular weight excluding hydrogens is 394 g/mol. The SMILES string of the molecule is Cc1ccc2c(c1)C(=O)NC1(CCN(C(=O)c3ccccc3Br)CC1)N2. The number of fused-ring (bicyclic) bond motifs is 1. The van der Waals surface area contributed by atoms with Gasteiger partial charge in [0.1, 0.15) is 5.66 Å². The minimum Gasteiger partial charge on any atom is -0.362 e. The number of aryl methyl sites for hydroxylation is 1. The first-order valence-corrected chi connectivity index (χ1v) is 9.52. The second kappa shape index (κ2) is 6.43. The van der Waals surface area contributed by atoms with Gasteiger partial charge in [-0.25, -0.2) is 0 Å². The molecule has 0 radical (unpaired) electrons. The zero-order valence-electron chi connectivity index (χ0n) is 14.5. The summed E-state index contributed by atoms with van der Waals surface area (Å²) in [5.41, 5.74) is 2.80. The zero-order valence-corrected chi connectivity index (χ0v) is 16.1. The molecule has 2 N–H and O–H groups in total. The molecule has 6 heteroatoms. The summed E-state index contributed by atoms with van der Waals surface area (Å²) in [5, 5.41) is 6.63. The average molecular weight is 414 g/mol. The molecule has 134 valence electrons. The second-order valence-corrected chi connectivity index (χ2v) is 7.84. The fraction of sp³-hybridized carbons (Fsp3) is 0.300. The number of hydrogen-bond acceptors (Lipinski definition) is 3. The van der Waals surface area contributed by atoms with Crippen LogP contribution in [0.1, 0.15) is 39.1 Å². The van der Waals surface area contributed by atoms with Crippen molar-refractivity contribution < 1.29 is 9.59 Å². The number of carbonyl (C=O) groups is 2. The van der Waals surface area contributed by atoms with E-state index in [0.29, 0.717) is 37.1 Å². The molecule has 2 aliphatic heterocycles. The molecule has 2 heterocycles. The van der Waals surface area contributed by atoms with Crippen molar-refractivity contribution in [3.05, 3.63) is 63.6 Å². The summed E-state index contributed by atoms with van der Waals surface area (Å²) in [5.74, 6) is -0.0292. The molecular formula is C20H20BrN3O2. The highest BCUT2D eigenvalue weighted by atomic mass is 79.9. The molecule has 0 saturated carbocycles. The molecule has 26 heavy (non-hydrogen) atoms. The second-order valence-electron chi connectivity index (χ2n) is 6.98. The molecule has 1 fully saturated rings. The number of piperidine rings is 1. The van der Waals surface area contributed by atoms with Crippen LogP contribution in [0.25, 0.3) is 0 Å². The number of amides is 2. The molecule has 2 aliphatic rings. The van der Waals surface area contributed by atoms with Crippen LogP contribution in [0, 0.1) is 6.92 Å². The zero-order chi connectivity index (χ0) is 18.3. The lowest BCUT2D eigenvalue weighted by Gasteiger charge is -2.46. The molecule has 0 atom stereocenters. The Labute approximate surface area is 160 Å². The number of anilines is 1. The molecule has 2 amide bonds. The first-order valence-electron chi connectivity index (χ1n) is 8.73. The van der Waals surface area contributed by atoms with Crippen molar-refractivity contribution in [2.24, 2.45) is 0 Å². The highest BCUT2D eigenvalue weighted by Crippen LogP contribution is 2.32. The van der Waals surface area contributed by atoms with E-state index in [4.69, 9.17) is 0 Å². The summed E-state index contributed by atoms with van der Waals surface area (Å²) in [6.07, 6.45) is 1.34. The predicted molar refractivity (Wildman–Crippen MR) is 104 cm³/mol. The molecule has 0 aliphatic carbocycles. The van der Waals surface area contributed by atoms with E-state index in [-0.39, 0.29) is 11.8 Å². The van der Waals surface area contributed by atoms with Crippen LogP contribution in [0.15, 0.2) is 46.9 Å². The van der Waals surface area contributed by atoms with E-state index < -0.39 is 5.66 Å². The minimum atomic E-state index is -0.482. The van der Waals surface area contributed by atoms with Crippen molar-refractivity contribution in [1.29, 1.82) is 0 Å². The van der Waals surface area contributed by atoms with E-state index in [2.05, 4.69) is 26.6 Å². The first-order chi connectivity index (χ1) is 12.5. The Bertz CT molecular complexity index is 888. The van der Waals surface area contributed by atoms with Gasteiger partial charge in [0.05, 0.1) is 11.1 Å². The third-order valence-electron chi connectivity index (χ3n) is 5.15. The molecule has 1 saturated heterocycles. The summed E-state index contributed by atoms with van der Waals surface area (Å²) >= 11 is 3.45. The molecule has 5 nitrogen and oxygen atoms in total. The quantitative estimate of drug-likeness (QED) is 0.751. The van der Waals surface area contributed by atoms with Crippen molar-refractivity contribution in [1.82, 2.24) is 10.2 Å². The van der Waals surface area contributed by atoms with Crippen LogP contribution in [0.3, 0.4) is 0 Å². The fourth-order valence-electron chi connectivity index (χ4n) is 3.68. The summed E-state index contributed by atoms with van der Waals surface area (Å²) in [4.78, 5) is 27.2. The highest BCUT2D eigenvalue weighted by Gasteiger charge is 2.41. The van der Waals surface area contributed by atoms with E-state index in [1.807, 2.05) is 54.3 Å². The topological polar surface area (TPSA) is 61.4 Å². The number of rotatable bonds is 1. The van der Waals surface area contributed by atoms with E-state index in [0.717, 1.165) is 15.7 Å². The molecule has 0 aromatic heterocycles. The lowest BCUT2D eigenvalue weighted by atomic mass is 9.91. The highest BCUT2D eigenvalue weighted by molar-refractivity contribution is 9.10. The van der Waals surface area contributed by atoms with Gasteiger partial charge in [0.15, 0.2) is 0 Å². The van der Waals surface area contributed by atoms with Gasteiger partial charge in [0.25, 0.3) is 11.8 Å². The van der Waals surface area contributed by atoms with E-state index in [1.165, 1.54) is 0 Å².